The summed E-state index contributed by atoms with van der Waals surface area (Å²) in [6, 6.07) is 0. The molecule has 0 spiro atoms. The fourth-order valence-corrected chi connectivity index (χ4v) is 2.91. The van der Waals surface area contributed by atoms with Gasteiger partial charge in [-0.05, 0) is 50.2 Å². The van der Waals surface area contributed by atoms with Crippen LogP contribution < -0.4 is 0 Å². The molecule has 126 valence electrons. The van der Waals surface area contributed by atoms with Crippen LogP contribution in [0.25, 0.3) is 0 Å². The van der Waals surface area contributed by atoms with Crippen LogP contribution in [0, 0.1) is 0 Å². The molecule has 0 amide bonds. The van der Waals surface area contributed by atoms with E-state index >= 15 is 0 Å². The minimum absolute atomic E-state index is 0.227. The van der Waals surface area contributed by atoms with Crippen molar-refractivity contribution in [1.29, 1.82) is 0 Å². The molecule has 3 heteroatoms. The first-order valence-electron chi connectivity index (χ1n) is 8.67. The molecule has 0 heterocycles. The molecule has 1 N–H and O–H groups in total. The highest BCUT2D eigenvalue weighted by Gasteiger charge is 2.36. The van der Waals surface area contributed by atoms with Crippen LogP contribution in [0.1, 0.15) is 72.6 Å². The molecular weight excluding hydrogens is 276 g/mol. The van der Waals surface area contributed by atoms with Gasteiger partial charge in [0.15, 0.2) is 8.32 Å². The average Bonchev–Trinajstić information content (AvgIpc) is 2.36. The Hall–Kier alpha value is -0.123. The molecule has 2 nitrogen and oxygen atoms in total. The lowest BCUT2D eigenvalue weighted by molar-refractivity contribution is 0.128. The number of allylic oxidation sites excluding steroid dienone is 2. The van der Waals surface area contributed by atoms with Crippen LogP contribution in [0.2, 0.25) is 18.1 Å². The van der Waals surface area contributed by atoms with Crippen LogP contribution in [0.5, 0.6) is 0 Å². The first-order chi connectivity index (χ1) is 9.70. The minimum Gasteiger partial charge on any atom is -0.417 e. The maximum absolute atomic E-state index is 9.99. The van der Waals surface area contributed by atoms with Crippen molar-refractivity contribution in [2.75, 3.05) is 6.61 Å². The molecule has 0 aromatic rings. The Morgan fingerprint density at radius 1 is 1.05 bits per heavy atom. The minimum atomic E-state index is -1.65. The van der Waals surface area contributed by atoms with E-state index in [2.05, 4.69) is 52.9 Å². The van der Waals surface area contributed by atoms with E-state index in [1.54, 1.807) is 0 Å². The summed E-state index contributed by atoms with van der Waals surface area (Å²) in [5.41, 5.74) is 0. The molecule has 21 heavy (non-hydrogen) atoms. The number of rotatable bonds is 11. The van der Waals surface area contributed by atoms with Gasteiger partial charge in [-0.15, -0.1) is 0 Å². The third-order valence-electron chi connectivity index (χ3n) is 4.53. The molecule has 1 unspecified atom stereocenters. The Bertz CT molecular complexity index is 279. The second-order valence-electron chi connectivity index (χ2n) is 7.60. The molecule has 0 rings (SSSR count). The molecule has 0 radical (unpaired) electrons. The highest BCUT2D eigenvalue weighted by molar-refractivity contribution is 6.74. The molecule has 0 bridgehead atoms. The van der Waals surface area contributed by atoms with Gasteiger partial charge in [0.2, 0.25) is 0 Å². The highest BCUT2D eigenvalue weighted by atomic mass is 28.4. The van der Waals surface area contributed by atoms with Crippen molar-refractivity contribution in [3.05, 3.63) is 12.2 Å². The lowest BCUT2D eigenvalue weighted by atomic mass is 10.1. The largest absolute Gasteiger partial charge is 0.417 e. The molecule has 0 saturated carbocycles. The maximum Gasteiger partial charge on any atom is 0.191 e. The van der Waals surface area contributed by atoms with E-state index < -0.39 is 8.32 Å². The zero-order valence-corrected chi connectivity index (χ0v) is 16.2. The first-order valence-corrected chi connectivity index (χ1v) is 11.6. The predicted molar refractivity (Wildman–Crippen MR) is 96.3 cm³/mol. The fraction of sp³-hybridized carbons (Fsp3) is 0.889. The van der Waals surface area contributed by atoms with Crippen molar-refractivity contribution in [3.63, 3.8) is 0 Å². The molecule has 0 aliphatic rings. The van der Waals surface area contributed by atoms with Crippen LogP contribution in [0.3, 0.4) is 0 Å². The smallest absolute Gasteiger partial charge is 0.191 e. The summed E-state index contributed by atoms with van der Waals surface area (Å²) in [6.07, 6.45) is 11.9. The number of aliphatic hydroxyl groups excluding tert-OH is 1. The average molecular weight is 315 g/mol. The Kier molecular flexibility index (Phi) is 10.5. The number of aliphatic hydroxyl groups is 1. The second kappa shape index (κ2) is 10.6. The van der Waals surface area contributed by atoms with E-state index in [9.17, 15) is 5.11 Å². The molecule has 0 fully saturated rings. The molecule has 0 aliphatic heterocycles. The maximum atomic E-state index is 9.99. The van der Waals surface area contributed by atoms with Crippen molar-refractivity contribution < 1.29 is 9.53 Å². The zero-order valence-electron chi connectivity index (χ0n) is 15.2. The van der Waals surface area contributed by atoms with Gasteiger partial charge < -0.3 is 9.53 Å². The van der Waals surface area contributed by atoms with E-state index in [4.69, 9.17) is 4.43 Å². The van der Waals surface area contributed by atoms with Crippen molar-refractivity contribution in [2.45, 2.75) is 96.9 Å². The molecule has 0 aliphatic carbocycles. The van der Waals surface area contributed by atoms with E-state index in [0.717, 1.165) is 19.3 Å². The van der Waals surface area contributed by atoms with Crippen LogP contribution >= 0.6 is 0 Å². The second-order valence-corrected chi connectivity index (χ2v) is 12.4. The van der Waals surface area contributed by atoms with Crippen LogP contribution in [-0.2, 0) is 4.43 Å². The van der Waals surface area contributed by atoms with Gasteiger partial charge in [0, 0.05) is 6.61 Å². The Labute approximate surface area is 134 Å². The molecule has 0 aromatic carbocycles. The number of hydrogen-bond donors (Lipinski definition) is 1. The topological polar surface area (TPSA) is 29.5 Å². The summed E-state index contributed by atoms with van der Waals surface area (Å²) in [7, 11) is -1.65. The quantitative estimate of drug-likeness (QED) is 0.302. The summed E-state index contributed by atoms with van der Waals surface area (Å²) >= 11 is 0. The van der Waals surface area contributed by atoms with E-state index in [1.807, 2.05) is 0 Å². The van der Waals surface area contributed by atoms with Gasteiger partial charge >= 0.3 is 0 Å². The summed E-state index contributed by atoms with van der Waals surface area (Å²) in [5, 5.41) is 10.2. The van der Waals surface area contributed by atoms with E-state index in [0.29, 0.717) is 6.61 Å². The third kappa shape index (κ3) is 10.3. The SMILES string of the molecule is CCCCC/C=C/CCC(O)CCO[Si](C)(C)C(C)(C)C. The van der Waals surface area contributed by atoms with Crippen molar-refractivity contribution in [2.24, 2.45) is 0 Å². The van der Waals surface area contributed by atoms with Crippen molar-refractivity contribution in [1.82, 2.24) is 0 Å². The molecular formula is C18H38O2Si. The van der Waals surface area contributed by atoms with Gasteiger partial charge in [0.25, 0.3) is 0 Å². The third-order valence-corrected chi connectivity index (χ3v) is 9.07. The standard InChI is InChI=1S/C18H38O2Si/c1-7-8-9-10-11-12-13-14-17(19)15-16-20-21(5,6)18(2,3)4/h11-12,17,19H,7-10,13-16H2,1-6H3/b12-11+. The molecule has 0 saturated heterocycles. The van der Waals surface area contributed by atoms with Crippen LogP contribution in [-0.4, -0.2) is 26.1 Å². The lowest BCUT2D eigenvalue weighted by Crippen LogP contribution is -2.41. The van der Waals surface area contributed by atoms with E-state index in [-0.39, 0.29) is 11.1 Å². The fourth-order valence-electron chi connectivity index (χ4n) is 1.85. The summed E-state index contributed by atoms with van der Waals surface area (Å²) < 4.78 is 6.10. The van der Waals surface area contributed by atoms with Crippen LogP contribution in [0.15, 0.2) is 12.2 Å². The Morgan fingerprint density at radius 2 is 1.67 bits per heavy atom. The molecule has 0 aromatic heterocycles. The number of hydrogen-bond acceptors (Lipinski definition) is 2. The van der Waals surface area contributed by atoms with Crippen molar-refractivity contribution in [3.8, 4) is 0 Å². The van der Waals surface area contributed by atoms with Gasteiger partial charge in [-0.1, -0.05) is 52.7 Å². The highest BCUT2D eigenvalue weighted by Crippen LogP contribution is 2.36. The predicted octanol–water partition coefficient (Wildman–Crippen LogP) is 5.68. The van der Waals surface area contributed by atoms with Crippen LogP contribution in [0.4, 0.5) is 0 Å². The number of unbranched alkanes of at least 4 members (excludes halogenated alkanes) is 3. The monoisotopic (exact) mass is 314 g/mol. The van der Waals surface area contributed by atoms with Gasteiger partial charge in [0.05, 0.1) is 6.10 Å². The van der Waals surface area contributed by atoms with E-state index in [1.165, 1.54) is 25.7 Å². The normalized spacial score (nSPS) is 14.8. The van der Waals surface area contributed by atoms with Crippen molar-refractivity contribution >= 4 is 8.32 Å². The Morgan fingerprint density at radius 3 is 2.24 bits per heavy atom. The van der Waals surface area contributed by atoms with Gasteiger partial charge in [0.1, 0.15) is 0 Å². The molecule has 1 atom stereocenters. The summed E-state index contributed by atoms with van der Waals surface area (Å²) in [6.45, 7) is 14.2. The first kappa shape index (κ1) is 20.9. The van der Waals surface area contributed by atoms with Gasteiger partial charge in [-0.3, -0.25) is 0 Å². The van der Waals surface area contributed by atoms with Gasteiger partial charge in [-0.25, -0.2) is 0 Å². The Balaban J connectivity index is 3.70. The van der Waals surface area contributed by atoms with Gasteiger partial charge in [-0.2, -0.15) is 0 Å². The zero-order chi connectivity index (χ0) is 16.4. The summed E-state index contributed by atoms with van der Waals surface area (Å²) in [5.74, 6) is 0. The lowest BCUT2D eigenvalue weighted by Gasteiger charge is -2.36. The summed E-state index contributed by atoms with van der Waals surface area (Å²) in [4.78, 5) is 0.